The smallest absolute Gasteiger partial charge is 0.248 e. The fraction of sp³-hybridized carbons (Fsp3) is 0.222. The highest BCUT2D eigenvalue weighted by Gasteiger charge is 2.16. The molecule has 0 bridgehead atoms. The molecule has 0 fully saturated rings. The second kappa shape index (κ2) is 7.56. The zero-order valence-corrected chi connectivity index (χ0v) is 13.2. The summed E-state index contributed by atoms with van der Waals surface area (Å²) in [6.45, 7) is 3.83. The Kier molecular flexibility index (Phi) is 5.49. The average Bonchev–Trinajstić information content (AvgIpc) is 2.56. The van der Waals surface area contributed by atoms with Crippen LogP contribution in [0, 0.1) is 0 Å². The summed E-state index contributed by atoms with van der Waals surface area (Å²) in [5, 5.41) is 6.07. The maximum Gasteiger partial charge on any atom is 0.248 e. The quantitative estimate of drug-likeness (QED) is 0.766. The van der Waals surface area contributed by atoms with E-state index < -0.39 is 5.91 Å². The van der Waals surface area contributed by atoms with Gasteiger partial charge in [0.25, 0.3) is 0 Å². The van der Waals surface area contributed by atoms with Crippen LogP contribution in [0.15, 0.2) is 54.6 Å². The summed E-state index contributed by atoms with van der Waals surface area (Å²) in [6, 6.07) is 16.1. The highest BCUT2D eigenvalue weighted by Crippen LogP contribution is 2.13. The van der Waals surface area contributed by atoms with Crippen LogP contribution >= 0.6 is 0 Å². The first-order valence-electron chi connectivity index (χ1n) is 7.49. The van der Waals surface area contributed by atoms with E-state index in [1.165, 1.54) is 0 Å². The van der Waals surface area contributed by atoms with Crippen molar-refractivity contribution < 1.29 is 9.59 Å². The van der Waals surface area contributed by atoms with Gasteiger partial charge in [0.15, 0.2) is 0 Å². The molecule has 23 heavy (non-hydrogen) atoms. The van der Waals surface area contributed by atoms with Gasteiger partial charge in [0.2, 0.25) is 11.8 Å². The minimum absolute atomic E-state index is 0.0641. The Morgan fingerprint density at radius 1 is 0.957 bits per heavy atom. The number of carbonyl (C=O) groups is 2. The van der Waals surface area contributed by atoms with E-state index in [1.807, 2.05) is 44.2 Å². The summed E-state index contributed by atoms with van der Waals surface area (Å²) in [7, 11) is 0. The maximum absolute atomic E-state index is 12.2. The Bertz CT molecular complexity index is 668. The highest BCUT2D eigenvalue weighted by molar-refractivity contribution is 5.96. The van der Waals surface area contributed by atoms with Crippen LogP contribution in [0.4, 0.5) is 5.69 Å². The second-order valence-corrected chi connectivity index (χ2v) is 5.45. The summed E-state index contributed by atoms with van der Waals surface area (Å²) >= 11 is 0. The summed E-state index contributed by atoms with van der Waals surface area (Å²) < 4.78 is 0. The van der Waals surface area contributed by atoms with Gasteiger partial charge in [-0.25, -0.2) is 0 Å². The number of nitrogens with two attached hydrogens (primary N) is 1. The standard InChI is InChI=1S/C18H21N3O2/c1-12(14-6-4-3-5-7-14)20-13(2)18(23)21-16-10-8-15(9-11-16)17(19)22/h3-13,20H,1-2H3,(H2,19,22)(H,21,23)/t12-,13-/m0/s1. The van der Waals surface area contributed by atoms with E-state index in [0.717, 1.165) is 5.56 Å². The molecule has 4 N–H and O–H groups in total. The molecule has 5 heteroatoms. The van der Waals surface area contributed by atoms with Gasteiger partial charge in [-0.1, -0.05) is 30.3 Å². The third-order valence-electron chi connectivity index (χ3n) is 3.63. The molecule has 0 spiro atoms. The van der Waals surface area contributed by atoms with E-state index in [1.54, 1.807) is 24.3 Å². The van der Waals surface area contributed by atoms with Crippen LogP contribution in [-0.4, -0.2) is 17.9 Å². The molecule has 2 atom stereocenters. The van der Waals surface area contributed by atoms with Gasteiger partial charge in [-0.15, -0.1) is 0 Å². The van der Waals surface area contributed by atoms with Crippen LogP contribution in [0.3, 0.4) is 0 Å². The zero-order valence-electron chi connectivity index (χ0n) is 13.2. The van der Waals surface area contributed by atoms with Gasteiger partial charge in [0, 0.05) is 17.3 Å². The van der Waals surface area contributed by atoms with Crippen molar-refractivity contribution in [2.45, 2.75) is 25.9 Å². The number of carbonyl (C=O) groups excluding carboxylic acids is 2. The lowest BCUT2D eigenvalue weighted by Gasteiger charge is -2.20. The van der Waals surface area contributed by atoms with Crippen molar-refractivity contribution in [2.24, 2.45) is 5.73 Å². The van der Waals surface area contributed by atoms with Crippen LogP contribution < -0.4 is 16.4 Å². The molecule has 2 amide bonds. The molecule has 5 nitrogen and oxygen atoms in total. The Morgan fingerprint density at radius 3 is 2.13 bits per heavy atom. The van der Waals surface area contributed by atoms with Crippen molar-refractivity contribution in [3.8, 4) is 0 Å². The lowest BCUT2D eigenvalue weighted by molar-refractivity contribution is -0.117. The summed E-state index contributed by atoms with van der Waals surface area (Å²) in [5.74, 6) is -0.630. The molecule has 2 rings (SSSR count). The van der Waals surface area contributed by atoms with E-state index >= 15 is 0 Å². The SMILES string of the molecule is C[C@H](N[C@@H](C)c1ccccc1)C(=O)Nc1ccc(C(N)=O)cc1. The first kappa shape index (κ1) is 16.7. The fourth-order valence-electron chi connectivity index (χ4n) is 2.26. The minimum Gasteiger partial charge on any atom is -0.366 e. The lowest BCUT2D eigenvalue weighted by Crippen LogP contribution is -2.39. The van der Waals surface area contributed by atoms with Gasteiger partial charge in [-0.05, 0) is 43.7 Å². The Balaban J connectivity index is 1.93. The van der Waals surface area contributed by atoms with Crippen LogP contribution in [0.5, 0.6) is 0 Å². The number of nitrogens with one attached hydrogen (secondary N) is 2. The number of hydrogen-bond donors (Lipinski definition) is 3. The summed E-state index contributed by atoms with van der Waals surface area (Å²) in [4.78, 5) is 23.3. The Hall–Kier alpha value is -2.66. The lowest BCUT2D eigenvalue weighted by atomic mass is 10.1. The normalized spacial score (nSPS) is 13.1. The van der Waals surface area contributed by atoms with Crippen molar-refractivity contribution >= 4 is 17.5 Å². The number of anilines is 1. The van der Waals surface area contributed by atoms with E-state index in [4.69, 9.17) is 5.73 Å². The van der Waals surface area contributed by atoms with Crippen LogP contribution in [0.1, 0.15) is 35.8 Å². The molecular formula is C18H21N3O2. The largest absolute Gasteiger partial charge is 0.366 e. The van der Waals surface area contributed by atoms with Crippen LogP contribution in [0.2, 0.25) is 0 Å². The molecule has 0 aromatic heterocycles. The molecule has 120 valence electrons. The third kappa shape index (κ3) is 4.66. The molecule has 0 unspecified atom stereocenters. The second-order valence-electron chi connectivity index (χ2n) is 5.45. The van der Waals surface area contributed by atoms with Crippen molar-refractivity contribution in [3.63, 3.8) is 0 Å². The molecule has 2 aromatic carbocycles. The van der Waals surface area contributed by atoms with E-state index in [-0.39, 0.29) is 18.0 Å². The maximum atomic E-state index is 12.2. The molecular weight excluding hydrogens is 290 g/mol. The fourth-order valence-corrected chi connectivity index (χ4v) is 2.26. The molecule has 0 aliphatic carbocycles. The number of benzene rings is 2. The Morgan fingerprint density at radius 2 is 1.57 bits per heavy atom. The van der Waals surface area contributed by atoms with Gasteiger partial charge < -0.3 is 11.1 Å². The monoisotopic (exact) mass is 311 g/mol. The van der Waals surface area contributed by atoms with Crippen molar-refractivity contribution in [2.75, 3.05) is 5.32 Å². The first-order chi connectivity index (χ1) is 11.0. The number of amides is 2. The third-order valence-corrected chi connectivity index (χ3v) is 3.63. The summed E-state index contributed by atoms with van der Waals surface area (Å²) in [5.41, 5.74) is 7.35. The van der Waals surface area contributed by atoms with Gasteiger partial charge in [-0.2, -0.15) is 0 Å². The predicted molar refractivity (Wildman–Crippen MR) is 91.0 cm³/mol. The van der Waals surface area contributed by atoms with E-state index in [0.29, 0.717) is 11.3 Å². The molecule has 0 saturated heterocycles. The highest BCUT2D eigenvalue weighted by atomic mass is 16.2. The molecule has 0 aliphatic heterocycles. The number of rotatable bonds is 6. The summed E-state index contributed by atoms with van der Waals surface area (Å²) in [6.07, 6.45) is 0. The van der Waals surface area contributed by atoms with Gasteiger partial charge in [0.1, 0.15) is 0 Å². The number of primary amides is 1. The van der Waals surface area contributed by atoms with Crippen molar-refractivity contribution in [1.82, 2.24) is 5.32 Å². The van der Waals surface area contributed by atoms with Crippen molar-refractivity contribution in [1.29, 1.82) is 0 Å². The average molecular weight is 311 g/mol. The van der Waals surface area contributed by atoms with Crippen molar-refractivity contribution in [3.05, 3.63) is 65.7 Å². The van der Waals surface area contributed by atoms with Crippen LogP contribution in [-0.2, 0) is 4.79 Å². The van der Waals surface area contributed by atoms with E-state index in [2.05, 4.69) is 10.6 Å². The number of hydrogen-bond acceptors (Lipinski definition) is 3. The topological polar surface area (TPSA) is 84.2 Å². The zero-order chi connectivity index (χ0) is 16.8. The predicted octanol–water partition coefficient (Wildman–Crippen LogP) is 2.46. The molecule has 0 heterocycles. The molecule has 0 radical (unpaired) electrons. The first-order valence-corrected chi connectivity index (χ1v) is 7.49. The molecule has 0 aliphatic rings. The molecule has 2 aromatic rings. The minimum atomic E-state index is -0.491. The van der Waals surface area contributed by atoms with Gasteiger partial charge in [0.05, 0.1) is 6.04 Å². The Labute approximate surface area is 135 Å². The van der Waals surface area contributed by atoms with Gasteiger partial charge in [-0.3, -0.25) is 14.9 Å². The van der Waals surface area contributed by atoms with E-state index in [9.17, 15) is 9.59 Å². The van der Waals surface area contributed by atoms with Crippen LogP contribution in [0.25, 0.3) is 0 Å². The van der Waals surface area contributed by atoms with Gasteiger partial charge >= 0.3 is 0 Å². The molecule has 0 saturated carbocycles.